The molecular formula is C26H37Br. The van der Waals surface area contributed by atoms with Crippen LogP contribution in [0.1, 0.15) is 95.1 Å². The average Bonchev–Trinajstić information content (AvgIpc) is 2.73. The van der Waals surface area contributed by atoms with E-state index in [1.54, 1.807) is 0 Å². The van der Waals surface area contributed by atoms with Crippen molar-refractivity contribution < 1.29 is 0 Å². The van der Waals surface area contributed by atoms with Crippen LogP contribution in [0.4, 0.5) is 0 Å². The number of halogens is 1. The molecule has 0 spiro atoms. The van der Waals surface area contributed by atoms with E-state index in [9.17, 15) is 0 Å². The fourth-order valence-electron chi connectivity index (χ4n) is 3.89. The highest BCUT2D eigenvalue weighted by Crippen LogP contribution is 2.43. The molecule has 0 bridgehead atoms. The summed E-state index contributed by atoms with van der Waals surface area (Å²) in [7, 11) is 0. The second-order valence-corrected chi connectivity index (χ2v) is 9.17. The highest BCUT2D eigenvalue weighted by molar-refractivity contribution is 9.09. The van der Waals surface area contributed by atoms with Crippen molar-refractivity contribution in [3.05, 3.63) is 71.8 Å². The van der Waals surface area contributed by atoms with Crippen molar-refractivity contribution in [3.8, 4) is 0 Å². The SMILES string of the molecule is CCCCCCCCCCCCCC(Br)(c1ccccc1)c1ccccc1. The number of alkyl halides is 1. The molecule has 2 rings (SSSR count). The fraction of sp³-hybridized carbons (Fsp3) is 0.538. The molecule has 2 aromatic carbocycles. The van der Waals surface area contributed by atoms with E-state index in [1.807, 2.05) is 0 Å². The molecule has 0 nitrogen and oxygen atoms in total. The highest BCUT2D eigenvalue weighted by Gasteiger charge is 2.30. The first-order chi connectivity index (χ1) is 13.3. The van der Waals surface area contributed by atoms with Gasteiger partial charge in [0.2, 0.25) is 0 Å². The molecule has 1 heteroatoms. The minimum absolute atomic E-state index is 0.0607. The topological polar surface area (TPSA) is 0 Å². The van der Waals surface area contributed by atoms with Crippen LogP contribution < -0.4 is 0 Å². The first-order valence-corrected chi connectivity index (χ1v) is 11.9. The standard InChI is InChI=1S/C26H37Br/c1-2-3-4-5-6-7-8-9-10-11-18-23-26(27,24-19-14-12-15-20-24)25-21-16-13-17-22-25/h12-17,19-22H,2-11,18,23H2,1H3. The summed E-state index contributed by atoms with van der Waals surface area (Å²) in [4.78, 5) is 0. The molecule has 0 N–H and O–H groups in total. The Morgan fingerprint density at radius 1 is 0.556 bits per heavy atom. The Morgan fingerprint density at radius 2 is 0.926 bits per heavy atom. The van der Waals surface area contributed by atoms with Crippen LogP contribution in [0, 0.1) is 0 Å². The van der Waals surface area contributed by atoms with E-state index in [4.69, 9.17) is 0 Å². The number of unbranched alkanes of at least 4 members (excludes halogenated alkanes) is 10. The van der Waals surface area contributed by atoms with E-state index in [-0.39, 0.29) is 4.32 Å². The van der Waals surface area contributed by atoms with Crippen molar-refractivity contribution in [3.63, 3.8) is 0 Å². The van der Waals surface area contributed by atoms with Gasteiger partial charge in [0.25, 0.3) is 0 Å². The number of benzene rings is 2. The molecule has 0 atom stereocenters. The van der Waals surface area contributed by atoms with Gasteiger partial charge >= 0.3 is 0 Å². The Morgan fingerprint density at radius 3 is 1.33 bits per heavy atom. The molecule has 0 fully saturated rings. The molecule has 0 saturated carbocycles. The van der Waals surface area contributed by atoms with E-state index in [0.717, 1.165) is 6.42 Å². The molecule has 2 aromatic rings. The minimum Gasteiger partial charge on any atom is -0.0749 e. The largest absolute Gasteiger partial charge is 0.0754 e. The second kappa shape index (κ2) is 13.2. The van der Waals surface area contributed by atoms with Crippen LogP contribution >= 0.6 is 15.9 Å². The molecular weight excluding hydrogens is 392 g/mol. The maximum Gasteiger partial charge on any atom is 0.0754 e. The average molecular weight is 429 g/mol. The molecule has 148 valence electrons. The van der Waals surface area contributed by atoms with Crippen molar-refractivity contribution >= 4 is 15.9 Å². The van der Waals surface area contributed by atoms with Gasteiger partial charge in [-0.2, -0.15) is 0 Å². The third kappa shape index (κ3) is 7.82. The van der Waals surface area contributed by atoms with E-state index in [2.05, 4.69) is 83.5 Å². The van der Waals surface area contributed by atoms with Crippen LogP contribution in [0.5, 0.6) is 0 Å². The summed E-state index contributed by atoms with van der Waals surface area (Å²) in [6.07, 6.45) is 16.5. The van der Waals surface area contributed by atoms with Crippen molar-refractivity contribution in [2.45, 2.75) is 88.3 Å². The van der Waals surface area contributed by atoms with Gasteiger partial charge in [-0.05, 0) is 17.5 Å². The Labute approximate surface area is 175 Å². The smallest absolute Gasteiger partial charge is 0.0749 e. The number of rotatable bonds is 14. The van der Waals surface area contributed by atoms with Gasteiger partial charge in [0.1, 0.15) is 0 Å². The van der Waals surface area contributed by atoms with Crippen LogP contribution in [0.15, 0.2) is 60.7 Å². The lowest BCUT2D eigenvalue weighted by Gasteiger charge is -2.29. The maximum absolute atomic E-state index is 4.13. The zero-order valence-electron chi connectivity index (χ0n) is 17.1. The Bertz CT molecular complexity index is 551. The van der Waals surface area contributed by atoms with Gasteiger partial charge < -0.3 is 0 Å². The lowest BCUT2D eigenvalue weighted by molar-refractivity contribution is 0.530. The normalized spacial score (nSPS) is 11.6. The van der Waals surface area contributed by atoms with Crippen LogP contribution in [0.3, 0.4) is 0 Å². The van der Waals surface area contributed by atoms with Crippen LogP contribution in [-0.4, -0.2) is 0 Å². The van der Waals surface area contributed by atoms with Gasteiger partial charge in [0.05, 0.1) is 4.32 Å². The molecule has 27 heavy (non-hydrogen) atoms. The monoisotopic (exact) mass is 428 g/mol. The fourth-order valence-corrected chi connectivity index (χ4v) is 4.70. The summed E-state index contributed by atoms with van der Waals surface area (Å²) >= 11 is 4.13. The minimum atomic E-state index is -0.0607. The van der Waals surface area contributed by atoms with Gasteiger partial charge in [-0.25, -0.2) is 0 Å². The predicted octanol–water partition coefficient (Wildman–Crippen LogP) is 9.03. The summed E-state index contributed by atoms with van der Waals surface area (Å²) in [5.74, 6) is 0. The van der Waals surface area contributed by atoms with E-state index < -0.39 is 0 Å². The highest BCUT2D eigenvalue weighted by atomic mass is 79.9. The molecule has 0 aromatic heterocycles. The molecule has 0 aliphatic rings. The maximum atomic E-state index is 4.13. The molecule has 0 aliphatic heterocycles. The third-order valence-corrected chi connectivity index (χ3v) is 6.90. The summed E-state index contributed by atoms with van der Waals surface area (Å²) in [5, 5.41) is 0. The van der Waals surface area contributed by atoms with Crippen molar-refractivity contribution in [1.82, 2.24) is 0 Å². The number of hydrogen-bond acceptors (Lipinski definition) is 0. The summed E-state index contributed by atoms with van der Waals surface area (Å²) in [6, 6.07) is 21.8. The van der Waals surface area contributed by atoms with E-state index >= 15 is 0 Å². The van der Waals surface area contributed by atoms with Crippen molar-refractivity contribution in [2.75, 3.05) is 0 Å². The Balaban J connectivity index is 1.73. The Kier molecular flexibility index (Phi) is 10.8. The molecule has 0 amide bonds. The summed E-state index contributed by atoms with van der Waals surface area (Å²) in [6.45, 7) is 2.29. The second-order valence-electron chi connectivity index (χ2n) is 7.82. The van der Waals surface area contributed by atoms with Gasteiger partial charge in [-0.15, -0.1) is 0 Å². The molecule has 0 saturated heterocycles. The van der Waals surface area contributed by atoms with Crippen LogP contribution in [0.2, 0.25) is 0 Å². The summed E-state index contributed by atoms with van der Waals surface area (Å²) < 4.78 is -0.0607. The van der Waals surface area contributed by atoms with E-state index in [0.29, 0.717) is 0 Å². The molecule has 0 radical (unpaired) electrons. The first-order valence-electron chi connectivity index (χ1n) is 11.1. The van der Waals surface area contributed by atoms with Gasteiger partial charge in [-0.1, -0.05) is 154 Å². The predicted molar refractivity (Wildman–Crippen MR) is 124 cm³/mol. The molecule has 0 heterocycles. The van der Waals surface area contributed by atoms with Crippen LogP contribution in [0.25, 0.3) is 0 Å². The van der Waals surface area contributed by atoms with Crippen molar-refractivity contribution in [1.29, 1.82) is 0 Å². The number of hydrogen-bond donors (Lipinski definition) is 0. The van der Waals surface area contributed by atoms with Crippen LogP contribution in [-0.2, 0) is 4.32 Å². The third-order valence-electron chi connectivity index (χ3n) is 5.59. The zero-order valence-corrected chi connectivity index (χ0v) is 18.7. The lowest BCUT2D eigenvalue weighted by atomic mass is 9.86. The van der Waals surface area contributed by atoms with Gasteiger partial charge in [-0.3, -0.25) is 0 Å². The van der Waals surface area contributed by atoms with Gasteiger partial charge in [0, 0.05) is 0 Å². The summed E-state index contributed by atoms with van der Waals surface area (Å²) in [5.41, 5.74) is 2.73. The lowest BCUT2D eigenvalue weighted by Crippen LogP contribution is -2.19. The quantitative estimate of drug-likeness (QED) is 0.208. The Hall–Kier alpha value is -1.08. The van der Waals surface area contributed by atoms with Crippen molar-refractivity contribution in [2.24, 2.45) is 0 Å². The first kappa shape index (κ1) is 22.2. The van der Waals surface area contributed by atoms with E-state index in [1.165, 1.54) is 81.8 Å². The van der Waals surface area contributed by atoms with Gasteiger partial charge in [0.15, 0.2) is 0 Å². The molecule has 0 unspecified atom stereocenters. The zero-order chi connectivity index (χ0) is 19.2. The molecule has 0 aliphatic carbocycles.